The van der Waals surface area contributed by atoms with Crippen LogP contribution in [0.5, 0.6) is 5.75 Å². The molecule has 0 aliphatic carbocycles. The minimum atomic E-state index is -0.546. The quantitative estimate of drug-likeness (QED) is 0.136. The zero-order valence-corrected chi connectivity index (χ0v) is 25.7. The van der Waals surface area contributed by atoms with Crippen LogP contribution in [0, 0.1) is 0 Å². The molecule has 9 rings (SSSR count). The van der Waals surface area contributed by atoms with Crippen molar-refractivity contribution < 1.29 is 27.2 Å². The minimum absolute atomic E-state index is 0. The summed E-state index contributed by atoms with van der Waals surface area (Å²) in [7, 11) is 0. The molecule has 0 atom stereocenters. The van der Waals surface area contributed by atoms with Crippen LogP contribution in [0.1, 0.15) is 0 Å². The Balaban J connectivity index is 0.00000300. The Morgan fingerprint density at radius 2 is 1.09 bits per heavy atom. The van der Waals surface area contributed by atoms with Crippen molar-refractivity contribution in [1.82, 2.24) is 34.9 Å². The van der Waals surface area contributed by atoms with Gasteiger partial charge in [0.25, 0.3) is 11.6 Å². The first-order chi connectivity index (χ1) is 21.5. The standard InChI is InChI=1S/C32H14Cl3N8O.Cu/c33-21-19-20(24(44)23(35)22(21)34)32-42-30-18-12-6-4-10-16(18)28(40-30)38-26-14-8-2-1-7-13(14)25(36-26)37-27-15-9-3-5-11-17(15)29(39-27)41-31(19)43-32;/h1-12H,(H2-,36,37,38,39,40,41,42,43,44);/q-1;+2. The molecule has 4 aromatic carbocycles. The summed E-state index contributed by atoms with van der Waals surface area (Å²) < 4.78 is 0. The van der Waals surface area contributed by atoms with E-state index in [4.69, 9.17) is 64.7 Å². The number of nitrogens with one attached hydrogen (secondary N) is 2. The third kappa shape index (κ3) is 4.07. The summed E-state index contributed by atoms with van der Waals surface area (Å²) >= 11 is 19.5. The number of H-pyrrole nitrogens is 2. The monoisotopic (exact) mass is 694 g/mol. The van der Waals surface area contributed by atoms with Crippen molar-refractivity contribution in [3.8, 4) is 74.1 Å². The van der Waals surface area contributed by atoms with Crippen LogP contribution in [0.4, 0.5) is 0 Å². The van der Waals surface area contributed by atoms with Crippen LogP contribution < -0.4 is 15.1 Å². The summed E-state index contributed by atoms with van der Waals surface area (Å²) in [6.07, 6.45) is 0. The second-order valence-electron chi connectivity index (χ2n) is 10.3. The molecule has 0 amide bonds. The number of hydrogen-bond acceptors (Lipinski definition) is 6. The topological polar surface area (TPSA) is 132 Å². The summed E-state index contributed by atoms with van der Waals surface area (Å²) in [6, 6.07) is 23.2. The van der Waals surface area contributed by atoms with E-state index in [2.05, 4.69) is 9.97 Å². The van der Waals surface area contributed by atoms with Gasteiger partial charge in [0.05, 0.1) is 37.8 Å². The van der Waals surface area contributed by atoms with Crippen molar-refractivity contribution in [3.05, 3.63) is 87.9 Å². The second kappa shape index (κ2) is 10.2. The van der Waals surface area contributed by atoms with E-state index in [1.165, 1.54) is 0 Å². The molecular weight excluding hydrogens is 682 g/mol. The molecule has 6 aromatic rings. The fourth-order valence-corrected chi connectivity index (χ4v) is 6.46. The zero-order valence-electron chi connectivity index (χ0n) is 22.5. The maximum Gasteiger partial charge on any atom is 2.00 e. The van der Waals surface area contributed by atoms with Crippen molar-refractivity contribution >= 4 is 56.9 Å². The Kier molecular flexibility index (Phi) is 6.35. The van der Waals surface area contributed by atoms with Gasteiger partial charge in [-0.25, -0.2) is 15.0 Å². The fourth-order valence-electron chi connectivity index (χ4n) is 5.76. The van der Waals surface area contributed by atoms with Crippen LogP contribution in [0.3, 0.4) is 0 Å². The van der Waals surface area contributed by atoms with Gasteiger partial charge in [-0.15, -0.1) is 0 Å². The molecule has 0 fully saturated rings. The van der Waals surface area contributed by atoms with E-state index >= 15 is 0 Å². The molecule has 3 aliphatic rings. The van der Waals surface area contributed by atoms with E-state index in [-0.39, 0.29) is 54.2 Å². The molecule has 8 bridgehead atoms. The van der Waals surface area contributed by atoms with Crippen LogP contribution in [-0.4, -0.2) is 29.9 Å². The Bertz CT molecular complexity index is 2310. The molecule has 0 unspecified atom stereocenters. The van der Waals surface area contributed by atoms with E-state index in [1.807, 2.05) is 72.8 Å². The van der Waals surface area contributed by atoms with Gasteiger partial charge in [-0.1, -0.05) is 99.1 Å². The third-order valence-electron chi connectivity index (χ3n) is 7.78. The number of rotatable bonds is 0. The molecule has 0 spiro atoms. The van der Waals surface area contributed by atoms with E-state index in [1.54, 1.807) is 0 Å². The van der Waals surface area contributed by atoms with Crippen molar-refractivity contribution in [3.63, 3.8) is 0 Å². The van der Waals surface area contributed by atoms with Crippen LogP contribution in [0.15, 0.2) is 72.8 Å². The number of halogens is 3. The van der Waals surface area contributed by atoms with E-state index in [9.17, 15) is 5.11 Å². The average Bonchev–Trinajstić information content (AvgIpc) is 3.78. The van der Waals surface area contributed by atoms with Gasteiger partial charge in [0.15, 0.2) is 0 Å². The van der Waals surface area contributed by atoms with Gasteiger partial charge < -0.3 is 20.1 Å². The van der Waals surface area contributed by atoms with Crippen LogP contribution in [0.25, 0.3) is 90.4 Å². The first-order valence-corrected chi connectivity index (χ1v) is 14.6. The molecule has 0 saturated heterocycles. The average molecular weight is 696 g/mol. The van der Waals surface area contributed by atoms with E-state index < -0.39 is 5.75 Å². The van der Waals surface area contributed by atoms with Gasteiger partial charge in [0.1, 0.15) is 0 Å². The molecule has 5 heterocycles. The minimum Gasteiger partial charge on any atom is -0.871 e. The van der Waals surface area contributed by atoms with Crippen LogP contribution in [0.2, 0.25) is 15.1 Å². The van der Waals surface area contributed by atoms with Crippen molar-refractivity contribution in [1.29, 1.82) is 0 Å². The zero-order chi connectivity index (χ0) is 29.7. The molecule has 0 saturated carbocycles. The van der Waals surface area contributed by atoms with Crippen molar-refractivity contribution in [2.45, 2.75) is 0 Å². The third-order valence-corrected chi connectivity index (χ3v) is 9.09. The number of nitrogens with zero attached hydrogens (tertiary/aromatic N) is 6. The number of hydrogen-bond donors (Lipinski definition) is 1. The maximum absolute atomic E-state index is 13.5. The number of fused-ring (bicyclic) bond motifs is 20. The summed E-state index contributed by atoms with van der Waals surface area (Å²) in [6.45, 7) is 0. The second-order valence-corrected chi connectivity index (χ2v) is 11.4. The molecule has 13 heteroatoms. The van der Waals surface area contributed by atoms with Crippen molar-refractivity contribution in [2.75, 3.05) is 0 Å². The number of aromatic nitrogens is 8. The first-order valence-electron chi connectivity index (χ1n) is 13.4. The summed E-state index contributed by atoms with van der Waals surface area (Å²) in [4.78, 5) is 35.8. The summed E-state index contributed by atoms with van der Waals surface area (Å²) in [5.41, 5.74) is 5.19. The van der Waals surface area contributed by atoms with E-state index in [0.717, 1.165) is 33.4 Å². The van der Waals surface area contributed by atoms with Gasteiger partial charge in [-0.05, 0) is 29.7 Å². The smallest absolute Gasteiger partial charge is 0.871 e. The largest absolute Gasteiger partial charge is 2.00 e. The predicted octanol–water partition coefficient (Wildman–Crippen LogP) is 6.85. The van der Waals surface area contributed by atoms with E-state index in [0.29, 0.717) is 34.9 Å². The first kappa shape index (κ1) is 27.9. The molecule has 219 valence electrons. The van der Waals surface area contributed by atoms with Crippen LogP contribution in [-0.2, 0) is 17.1 Å². The molecule has 1 radical (unpaired) electrons. The van der Waals surface area contributed by atoms with Crippen LogP contribution >= 0.6 is 34.8 Å². The normalized spacial score (nSPS) is 11.8. The van der Waals surface area contributed by atoms with Gasteiger partial charge in [-0.2, -0.15) is 0 Å². The Labute approximate surface area is 279 Å². The summed E-state index contributed by atoms with van der Waals surface area (Å²) in [5.74, 6) is 2.36. The predicted molar refractivity (Wildman–Crippen MR) is 166 cm³/mol. The van der Waals surface area contributed by atoms with Gasteiger partial charge in [0, 0.05) is 38.9 Å². The molecule has 45 heavy (non-hydrogen) atoms. The SMILES string of the molecule is [Cu+2].[O-]c1c(Cl)c(Cl)c(Cl)c2c3[n-]c(nc4nc(nc5[nH+]c(nc6nc([nH]3)-c3ccccc3-6)-c3ccccc3-5)-c3ccccc3-4)c12. The van der Waals surface area contributed by atoms with Gasteiger partial charge in [0.2, 0.25) is 11.6 Å². The molecule has 3 aliphatic heterocycles. The molecule has 2 N–H and O–H groups in total. The summed E-state index contributed by atoms with van der Waals surface area (Å²) in [5, 5.41) is 13.7. The molecular formula is C32H14Cl3CuN8O+. The van der Waals surface area contributed by atoms with Gasteiger partial charge >= 0.3 is 17.1 Å². The molecule has 2 aromatic heterocycles. The van der Waals surface area contributed by atoms with Gasteiger partial charge in [-0.3, -0.25) is 0 Å². The fraction of sp³-hybridized carbons (Fsp3) is 0. The van der Waals surface area contributed by atoms with Crippen molar-refractivity contribution in [2.24, 2.45) is 0 Å². The number of benzene rings is 4. The Morgan fingerprint density at radius 1 is 0.578 bits per heavy atom. The Hall–Kier alpha value is -4.57. The Morgan fingerprint density at radius 3 is 1.71 bits per heavy atom. The number of aromatic amines is 2. The maximum atomic E-state index is 13.5. The molecule has 9 nitrogen and oxygen atoms in total.